The summed E-state index contributed by atoms with van der Waals surface area (Å²) in [4.78, 5) is 14.4. The second-order valence-corrected chi connectivity index (χ2v) is 6.88. The molecule has 1 unspecified atom stereocenters. The Kier molecular flexibility index (Phi) is 4.63. The average Bonchev–Trinajstić information content (AvgIpc) is 3.17. The van der Waals surface area contributed by atoms with Crippen LogP contribution in [0.5, 0.6) is 0 Å². The first kappa shape index (κ1) is 14.6. The first-order valence-corrected chi connectivity index (χ1v) is 8.45. The van der Waals surface area contributed by atoms with Crippen LogP contribution in [0.1, 0.15) is 19.3 Å². The van der Waals surface area contributed by atoms with Gasteiger partial charge in [-0.2, -0.15) is 0 Å². The van der Waals surface area contributed by atoms with E-state index in [2.05, 4.69) is 62.6 Å². The molecule has 1 amide bonds. The van der Waals surface area contributed by atoms with Crippen molar-refractivity contribution < 1.29 is 4.79 Å². The van der Waals surface area contributed by atoms with Gasteiger partial charge in [-0.3, -0.25) is 4.79 Å². The van der Waals surface area contributed by atoms with Crippen LogP contribution in [0, 0.1) is 11.8 Å². The number of rotatable bonds is 4. The fourth-order valence-corrected chi connectivity index (χ4v) is 3.37. The maximum absolute atomic E-state index is 12.0. The van der Waals surface area contributed by atoms with Gasteiger partial charge in [0.25, 0.3) is 0 Å². The molecule has 1 saturated heterocycles. The van der Waals surface area contributed by atoms with Gasteiger partial charge in [0.1, 0.15) is 0 Å². The summed E-state index contributed by atoms with van der Waals surface area (Å²) in [5.41, 5.74) is 1.27. The van der Waals surface area contributed by atoms with Gasteiger partial charge in [-0.15, -0.1) is 0 Å². The summed E-state index contributed by atoms with van der Waals surface area (Å²) in [7, 11) is 0. The molecule has 112 valence electrons. The third-order valence-corrected chi connectivity index (χ3v) is 4.95. The third kappa shape index (κ3) is 3.67. The Hall–Kier alpha value is -1.29. The van der Waals surface area contributed by atoms with E-state index in [0.29, 0.717) is 5.92 Å². The minimum Gasteiger partial charge on any atom is -0.371 e. The van der Waals surface area contributed by atoms with E-state index in [1.54, 1.807) is 0 Å². The molecule has 0 saturated carbocycles. The molecule has 1 aromatic carbocycles. The van der Waals surface area contributed by atoms with Crippen LogP contribution in [0.25, 0.3) is 0 Å². The zero-order valence-electron chi connectivity index (χ0n) is 12.1. The highest BCUT2D eigenvalue weighted by Gasteiger charge is 2.25. The SMILES string of the molecule is O=C(NCC1CCN(c2ccc(Br)cc2)C1)C1CC=CC1. The average molecular weight is 349 g/mol. The van der Waals surface area contributed by atoms with E-state index < -0.39 is 0 Å². The molecule has 1 heterocycles. The van der Waals surface area contributed by atoms with E-state index in [1.165, 1.54) is 5.69 Å². The number of hydrogen-bond acceptors (Lipinski definition) is 2. The van der Waals surface area contributed by atoms with Gasteiger partial charge < -0.3 is 10.2 Å². The topological polar surface area (TPSA) is 32.3 Å². The van der Waals surface area contributed by atoms with Crippen molar-refractivity contribution in [3.05, 3.63) is 40.9 Å². The van der Waals surface area contributed by atoms with Crippen molar-refractivity contribution in [1.82, 2.24) is 5.32 Å². The van der Waals surface area contributed by atoms with Gasteiger partial charge in [0.15, 0.2) is 0 Å². The molecule has 1 aromatic rings. The Morgan fingerprint density at radius 3 is 2.67 bits per heavy atom. The summed E-state index contributed by atoms with van der Waals surface area (Å²) in [6.07, 6.45) is 7.17. The molecule has 0 radical (unpaired) electrons. The van der Waals surface area contributed by atoms with Crippen molar-refractivity contribution in [1.29, 1.82) is 0 Å². The van der Waals surface area contributed by atoms with E-state index in [9.17, 15) is 4.79 Å². The second-order valence-electron chi connectivity index (χ2n) is 5.96. The Morgan fingerprint density at radius 1 is 1.24 bits per heavy atom. The molecule has 1 fully saturated rings. The third-order valence-electron chi connectivity index (χ3n) is 4.42. The number of anilines is 1. The fourth-order valence-electron chi connectivity index (χ4n) is 3.11. The van der Waals surface area contributed by atoms with Crippen LogP contribution in [0.2, 0.25) is 0 Å². The van der Waals surface area contributed by atoms with E-state index in [-0.39, 0.29) is 11.8 Å². The molecule has 1 aliphatic heterocycles. The lowest BCUT2D eigenvalue weighted by atomic mass is 10.1. The van der Waals surface area contributed by atoms with Gasteiger partial charge in [-0.05, 0) is 49.4 Å². The van der Waals surface area contributed by atoms with Gasteiger partial charge in [-0.25, -0.2) is 0 Å². The van der Waals surface area contributed by atoms with Gasteiger partial charge in [0.2, 0.25) is 5.91 Å². The maximum atomic E-state index is 12.0. The molecule has 3 nitrogen and oxygen atoms in total. The van der Waals surface area contributed by atoms with E-state index in [0.717, 1.165) is 43.4 Å². The smallest absolute Gasteiger partial charge is 0.223 e. The van der Waals surface area contributed by atoms with E-state index in [4.69, 9.17) is 0 Å². The van der Waals surface area contributed by atoms with Gasteiger partial charge in [-0.1, -0.05) is 28.1 Å². The second kappa shape index (κ2) is 6.65. The number of allylic oxidation sites excluding steroid dienone is 2. The van der Waals surface area contributed by atoms with Crippen molar-refractivity contribution in [2.45, 2.75) is 19.3 Å². The molecule has 0 aromatic heterocycles. The molecule has 2 aliphatic rings. The number of nitrogens with zero attached hydrogens (tertiary/aromatic N) is 1. The fraction of sp³-hybridized carbons (Fsp3) is 0.471. The Bertz CT molecular complexity index is 518. The lowest BCUT2D eigenvalue weighted by molar-refractivity contribution is -0.124. The summed E-state index contributed by atoms with van der Waals surface area (Å²) in [5.74, 6) is 0.961. The monoisotopic (exact) mass is 348 g/mol. The molecule has 1 N–H and O–H groups in total. The number of nitrogens with one attached hydrogen (secondary N) is 1. The predicted molar refractivity (Wildman–Crippen MR) is 89.3 cm³/mol. The van der Waals surface area contributed by atoms with Crippen molar-refractivity contribution >= 4 is 27.5 Å². The standard InChI is InChI=1S/C17H21BrN2O/c18-15-5-7-16(8-6-15)20-10-9-13(12-20)11-19-17(21)14-3-1-2-4-14/h1-2,5-8,13-14H,3-4,9-12H2,(H,19,21). The Morgan fingerprint density at radius 2 is 1.95 bits per heavy atom. The summed E-state index contributed by atoms with van der Waals surface area (Å²) in [6.45, 7) is 2.92. The van der Waals surface area contributed by atoms with Crippen LogP contribution in [0.4, 0.5) is 5.69 Å². The first-order valence-electron chi connectivity index (χ1n) is 7.65. The minimum atomic E-state index is 0.175. The highest BCUT2D eigenvalue weighted by atomic mass is 79.9. The number of carbonyl (C=O) groups is 1. The molecule has 3 rings (SSSR count). The molecule has 21 heavy (non-hydrogen) atoms. The number of carbonyl (C=O) groups excluding carboxylic acids is 1. The molecular formula is C17H21BrN2O. The normalized spacial score (nSPS) is 22.0. The summed E-state index contributed by atoms with van der Waals surface area (Å²) >= 11 is 3.47. The van der Waals surface area contributed by atoms with E-state index >= 15 is 0 Å². The summed E-state index contributed by atoms with van der Waals surface area (Å²) in [5, 5.41) is 3.13. The van der Waals surface area contributed by atoms with Crippen LogP contribution >= 0.6 is 15.9 Å². The lowest BCUT2D eigenvalue weighted by Gasteiger charge is -2.19. The molecule has 0 spiro atoms. The van der Waals surface area contributed by atoms with Gasteiger partial charge in [0, 0.05) is 35.7 Å². The van der Waals surface area contributed by atoms with Crippen molar-refractivity contribution in [3.8, 4) is 0 Å². The molecular weight excluding hydrogens is 328 g/mol. The number of hydrogen-bond donors (Lipinski definition) is 1. The van der Waals surface area contributed by atoms with Gasteiger partial charge >= 0.3 is 0 Å². The van der Waals surface area contributed by atoms with E-state index in [1.807, 2.05) is 0 Å². The molecule has 4 heteroatoms. The highest BCUT2D eigenvalue weighted by molar-refractivity contribution is 9.10. The predicted octanol–water partition coefficient (Wildman–Crippen LogP) is 3.36. The summed E-state index contributed by atoms with van der Waals surface area (Å²) in [6, 6.07) is 8.46. The zero-order valence-corrected chi connectivity index (χ0v) is 13.7. The van der Waals surface area contributed by atoms with Crippen LogP contribution in [0.3, 0.4) is 0 Å². The van der Waals surface area contributed by atoms with Crippen LogP contribution in [-0.4, -0.2) is 25.5 Å². The van der Waals surface area contributed by atoms with Crippen molar-refractivity contribution in [3.63, 3.8) is 0 Å². The largest absolute Gasteiger partial charge is 0.371 e. The number of benzene rings is 1. The number of amides is 1. The molecule has 1 aliphatic carbocycles. The highest BCUT2D eigenvalue weighted by Crippen LogP contribution is 2.25. The number of halogens is 1. The van der Waals surface area contributed by atoms with Crippen LogP contribution in [0.15, 0.2) is 40.9 Å². The van der Waals surface area contributed by atoms with Crippen molar-refractivity contribution in [2.24, 2.45) is 11.8 Å². The maximum Gasteiger partial charge on any atom is 0.223 e. The zero-order chi connectivity index (χ0) is 14.7. The van der Waals surface area contributed by atoms with Crippen LogP contribution < -0.4 is 10.2 Å². The Labute approximate surface area is 134 Å². The van der Waals surface area contributed by atoms with Crippen molar-refractivity contribution in [2.75, 3.05) is 24.5 Å². The quantitative estimate of drug-likeness (QED) is 0.846. The summed E-state index contributed by atoms with van der Waals surface area (Å²) < 4.78 is 1.11. The first-order chi connectivity index (χ1) is 10.2. The minimum absolute atomic E-state index is 0.175. The lowest BCUT2D eigenvalue weighted by Crippen LogP contribution is -2.34. The molecule has 0 bridgehead atoms. The Balaban J connectivity index is 1.46. The van der Waals surface area contributed by atoms with Crippen LogP contribution in [-0.2, 0) is 4.79 Å². The van der Waals surface area contributed by atoms with Gasteiger partial charge in [0.05, 0.1) is 0 Å². The molecule has 1 atom stereocenters.